The van der Waals surface area contributed by atoms with E-state index in [4.69, 9.17) is 5.11 Å². The van der Waals surface area contributed by atoms with Crippen LogP contribution in [0.4, 0.5) is 65.9 Å². The standard InChI is InChI=1S/C11H9F15O3/c12-5(13,3-1-2-4-27)28-11(26,9(21,22)23)29-10(24,25)7(16,17)6(14,15)8(18,19)20/h27H,1-4H2. The van der Waals surface area contributed by atoms with E-state index in [9.17, 15) is 65.9 Å². The van der Waals surface area contributed by atoms with Gasteiger partial charge >= 0.3 is 42.5 Å². The van der Waals surface area contributed by atoms with Gasteiger partial charge in [-0.2, -0.15) is 65.9 Å². The van der Waals surface area contributed by atoms with Crippen molar-refractivity contribution in [2.24, 2.45) is 0 Å². The van der Waals surface area contributed by atoms with Crippen molar-refractivity contribution in [3.8, 4) is 0 Å². The summed E-state index contributed by atoms with van der Waals surface area (Å²) in [5, 5.41) is 8.30. The van der Waals surface area contributed by atoms with Crippen LogP contribution in [0.25, 0.3) is 0 Å². The average molecular weight is 474 g/mol. The fraction of sp³-hybridized carbons (Fsp3) is 1.00. The predicted octanol–water partition coefficient (Wildman–Crippen LogP) is 5.39. The van der Waals surface area contributed by atoms with Crippen molar-refractivity contribution in [3.05, 3.63) is 0 Å². The number of aliphatic hydroxyl groups excluding tert-OH is 1. The Hall–Kier alpha value is -1.17. The second-order valence-corrected chi connectivity index (χ2v) is 5.22. The monoisotopic (exact) mass is 474 g/mol. The number of alkyl halides is 15. The fourth-order valence-electron chi connectivity index (χ4n) is 1.41. The van der Waals surface area contributed by atoms with Crippen molar-refractivity contribution in [1.82, 2.24) is 0 Å². The molecule has 0 radical (unpaired) electrons. The molecule has 0 aliphatic rings. The Bertz CT molecular complexity index is 541. The highest BCUT2D eigenvalue weighted by Crippen LogP contribution is 2.56. The van der Waals surface area contributed by atoms with E-state index in [1.165, 1.54) is 0 Å². The van der Waals surface area contributed by atoms with Gasteiger partial charge in [-0.25, -0.2) is 4.74 Å². The first-order valence-corrected chi connectivity index (χ1v) is 6.82. The summed E-state index contributed by atoms with van der Waals surface area (Å²) in [5.41, 5.74) is 0. The lowest BCUT2D eigenvalue weighted by atomic mass is 10.1. The Labute approximate surface area is 150 Å². The Morgan fingerprint density at radius 1 is 0.552 bits per heavy atom. The van der Waals surface area contributed by atoms with Crippen LogP contribution in [-0.4, -0.2) is 54.2 Å². The summed E-state index contributed by atoms with van der Waals surface area (Å²) in [6.45, 7) is -0.830. The second kappa shape index (κ2) is 8.16. The lowest BCUT2D eigenvalue weighted by Crippen LogP contribution is -2.65. The zero-order valence-corrected chi connectivity index (χ0v) is 13.3. The van der Waals surface area contributed by atoms with E-state index >= 15 is 0 Å². The third kappa shape index (κ3) is 5.93. The van der Waals surface area contributed by atoms with Crippen molar-refractivity contribution in [1.29, 1.82) is 0 Å². The van der Waals surface area contributed by atoms with E-state index in [2.05, 4.69) is 4.74 Å². The molecule has 0 amide bonds. The Balaban J connectivity index is 6.00. The Morgan fingerprint density at radius 3 is 1.34 bits per heavy atom. The predicted molar refractivity (Wildman–Crippen MR) is 58.8 cm³/mol. The van der Waals surface area contributed by atoms with Gasteiger partial charge in [0, 0.05) is 13.0 Å². The normalized spacial score (nSPS) is 17.4. The molecule has 0 rings (SSSR count). The van der Waals surface area contributed by atoms with Gasteiger partial charge in [0.15, 0.2) is 0 Å². The first-order chi connectivity index (χ1) is 12.5. The smallest absolute Gasteiger partial charge is 0.396 e. The van der Waals surface area contributed by atoms with Gasteiger partial charge in [-0.1, -0.05) is 0 Å². The molecule has 176 valence electrons. The molecule has 0 bridgehead atoms. The molecule has 0 aromatic heterocycles. The molecular formula is C11H9F15O3. The van der Waals surface area contributed by atoms with Crippen LogP contribution < -0.4 is 0 Å². The molecule has 1 unspecified atom stereocenters. The molecule has 0 aliphatic carbocycles. The quantitative estimate of drug-likeness (QED) is 0.263. The number of aliphatic hydroxyl groups is 1. The van der Waals surface area contributed by atoms with E-state index < -0.39 is 68.3 Å². The summed E-state index contributed by atoms with van der Waals surface area (Å²) in [5.74, 6) is -15.7. The minimum atomic E-state index is -7.89. The van der Waals surface area contributed by atoms with Crippen LogP contribution in [0.5, 0.6) is 0 Å². The number of unbranched alkanes of at least 4 members (excludes halogenated alkanes) is 1. The van der Waals surface area contributed by atoms with Crippen molar-refractivity contribution >= 4 is 0 Å². The molecule has 0 saturated carbocycles. The molecule has 0 fully saturated rings. The van der Waals surface area contributed by atoms with E-state index in [-0.39, 0.29) is 0 Å². The van der Waals surface area contributed by atoms with Crippen molar-refractivity contribution in [2.75, 3.05) is 6.61 Å². The first kappa shape index (κ1) is 27.8. The highest BCUT2D eigenvalue weighted by Gasteiger charge is 2.85. The lowest BCUT2D eigenvalue weighted by Gasteiger charge is -2.37. The SMILES string of the molecule is OCCCCC(F)(F)OC(F)(OC(F)(F)C(F)(F)C(F)(F)C(F)(F)F)C(F)(F)F. The summed E-state index contributed by atoms with van der Waals surface area (Å²) >= 11 is 0. The van der Waals surface area contributed by atoms with E-state index in [1.54, 1.807) is 4.74 Å². The van der Waals surface area contributed by atoms with Crippen LogP contribution in [0.1, 0.15) is 19.3 Å². The van der Waals surface area contributed by atoms with Gasteiger partial charge < -0.3 is 5.11 Å². The Kier molecular flexibility index (Phi) is 7.83. The van der Waals surface area contributed by atoms with Gasteiger partial charge in [-0.05, 0) is 12.8 Å². The minimum Gasteiger partial charge on any atom is -0.396 e. The van der Waals surface area contributed by atoms with E-state index in [0.29, 0.717) is 0 Å². The second-order valence-electron chi connectivity index (χ2n) is 5.22. The van der Waals surface area contributed by atoms with Gasteiger partial charge in [-0.15, -0.1) is 0 Å². The number of ether oxygens (including phenoxy) is 2. The molecule has 0 saturated heterocycles. The highest BCUT2D eigenvalue weighted by molar-refractivity contribution is 4.97. The fourth-order valence-corrected chi connectivity index (χ4v) is 1.41. The minimum absolute atomic E-state index is 0.572. The average Bonchev–Trinajstić information content (AvgIpc) is 2.43. The Morgan fingerprint density at radius 2 is 1.00 bits per heavy atom. The number of halogens is 15. The third-order valence-electron chi connectivity index (χ3n) is 2.87. The van der Waals surface area contributed by atoms with Crippen LogP contribution in [0.2, 0.25) is 0 Å². The van der Waals surface area contributed by atoms with Crippen LogP contribution in [0.3, 0.4) is 0 Å². The maximum atomic E-state index is 13.6. The molecule has 1 N–H and O–H groups in total. The van der Waals surface area contributed by atoms with Gasteiger partial charge in [0.25, 0.3) is 0 Å². The summed E-state index contributed by atoms with van der Waals surface area (Å²) in [4.78, 5) is 0. The largest absolute Gasteiger partial charge is 0.478 e. The first-order valence-electron chi connectivity index (χ1n) is 6.82. The van der Waals surface area contributed by atoms with Crippen molar-refractivity contribution in [2.45, 2.75) is 61.7 Å². The maximum Gasteiger partial charge on any atom is 0.478 e. The summed E-state index contributed by atoms with van der Waals surface area (Å²) < 4.78 is 194. The molecule has 0 heterocycles. The number of rotatable bonds is 10. The van der Waals surface area contributed by atoms with Crippen LogP contribution in [-0.2, 0) is 9.47 Å². The topological polar surface area (TPSA) is 38.7 Å². The molecule has 0 spiro atoms. The van der Waals surface area contributed by atoms with Gasteiger partial charge in [-0.3, -0.25) is 4.74 Å². The highest BCUT2D eigenvalue weighted by atomic mass is 19.4. The zero-order valence-electron chi connectivity index (χ0n) is 13.3. The molecule has 0 aromatic rings. The molecule has 1 atom stereocenters. The molecule has 0 aromatic carbocycles. The number of hydrogen-bond donors (Lipinski definition) is 1. The molecule has 0 aliphatic heterocycles. The van der Waals surface area contributed by atoms with Gasteiger partial charge in [0.2, 0.25) is 0 Å². The third-order valence-corrected chi connectivity index (χ3v) is 2.87. The van der Waals surface area contributed by atoms with Crippen LogP contribution >= 0.6 is 0 Å². The van der Waals surface area contributed by atoms with Gasteiger partial charge in [0.05, 0.1) is 0 Å². The number of hydrogen-bond acceptors (Lipinski definition) is 3. The van der Waals surface area contributed by atoms with Crippen LogP contribution in [0, 0.1) is 0 Å². The summed E-state index contributed by atoms with van der Waals surface area (Å²) in [7, 11) is 0. The zero-order chi connectivity index (χ0) is 23.7. The van der Waals surface area contributed by atoms with Crippen LogP contribution in [0.15, 0.2) is 0 Å². The summed E-state index contributed by atoms with van der Waals surface area (Å²) in [6.07, 6.45) is -31.2. The molecule has 3 nitrogen and oxygen atoms in total. The van der Waals surface area contributed by atoms with E-state index in [1.807, 2.05) is 0 Å². The molecular weight excluding hydrogens is 465 g/mol. The molecule has 18 heteroatoms. The van der Waals surface area contributed by atoms with E-state index in [0.717, 1.165) is 0 Å². The van der Waals surface area contributed by atoms with Crippen molar-refractivity contribution < 1.29 is 80.4 Å². The van der Waals surface area contributed by atoms with Gasteiger partial charge in [0.1, 0.15) is 0 Å². The van der Waals surface area contributed by atoms with Crippen molar-refractivity contribution in [3.63, 3.8) is 0 Å². The molecule has 29 heavy (non-hydrogen) atoms. The maximum absolute atomic E-state index is 13.6. The summed E-state index contributed by atoms with van der Waals surface area (Å²) in [6, 6.07) is -6.94. The lowest BCUT2D eigenvalue weighted by molar-refractivity contribution is -0.560.